The van der Waals surface area contributed by atoms with E-state index in [-0.39, 0.29) is 12.7 Å². The van der Waals surface area contributed by atoms with E-state index < -0.39 is 0 Å². The second kappa shape index (κ2) is 9.56. The van der Waals surface area contributed by atoms with Crippen molar-refractivity contribution in [2.24, 2.45) is 0 Å². The average Bonchev–Trinajstić information content (AvgIpc) is 3.47. The van der Waals surface area contributed by atoms with Crippen molar-refractivity contribution in [2.75, 3.05) is 17.9 Å². The van der Waals surface area contributed by atoms with Crippen molar-refractivity contribution >= 4 is 35.0 Å². The molecule has 7 nitrogen and oxygen atoms in total. The molecule has 1 aromatic heterocycles. The zero-order valence-electron chi connectivity index (χ0n) is 17.4. The van der Waals surface area contributed by atoms with Crippen molar-refractivity contribution in [3.8, 4) is 28.6 Å². The molecule has 9 heteroatoms. The molecule has 0 bridgehead atoms. The number of anilines is 1. The lowest BCUT2D eigenvalue weighted by molar-refractivity contribution is -0.115. The van der Waals surface area contributed by atoms with Crippen LogP contribution in [-0.2, 0) is 4.79 Å². The first kappa shape index (κ1) is 21.4. The highest BCUT2D eigenvalue weighted by molar-refractivity contribution is 7.99. The standard InChI is InChI=1S/C24H19ClN4O3S/c25-17-8-6-16(7-9-17)23-27-28-24(29(23)19-4-2-1-3-5-19)33-13-12-22(30)26-18-10-11-20-21(14-18)32-15-31-20/h1-11,14H,12-13,15H2,(H,26,30). The summed E-state index contributed by atoms with van der Waals surface area (Å²) in [4.78, 5) is 12.5. The maximum Gasteiger partial charge on any atom is 0.231 e. The van der Waals surface area contributed by atoms with Gasteiger partial charge in [0, 0.05) is 40.2 Å². The lowest BCUT2D eigenvalue weighted by Gasteiger charge is -2.10. The monoisotopic (exact) mass is 478 g/mol. The molecule has 0 saturated carbocycles. The van der Waals surface area contributed by atoms with E-state index in [0.29, 0.717) is 45.4 Å². The number of hydrogen-bond acceptors (Lipinski definition) is 6. The fourth-order valence-electron chi connectivity index (χ4n) is 3.39. The van der Waals surface area contributed by atoms with Crippen LogP contribution in [0.4, 0.5) is 5.69 Å². The van der Waals surface area contributed by atoms with Crippen molar-refractivity contribution in [1.29, 1.82) is 0 Å². The lowest BCUT2D eigenvalue weighted by atomic mass is 10.2. The summed E-state index contributed by atoms with van der Waals surface area (Å²) in [6.07, 6.45) is 0.317. The Labute approximate surface area is 199 Å². The Bertz CT molecular complexity index is 1280. The number of para-hydroxylation sites is 1. The third-order valence-electron chi connectivity index (χ3n) is 4.97. The summed E-state index contributed by atoms with van der Waals surface area (Å²) in [5.74, 6) is 2.48. The fraction of sp³-hybridized carbons (Fsp3) is 0.125. The van der Waals surface area contributed by atoms with Gasteiger partial charge in [0.05, 0.1) is 0 Å². The Morgan fingerprint density at radius 3 is 2.61 bits per heavy atom. The number of carbonyl (C=O) groups is 1. The highest BCUT2D eigenvalue weighted by Gasteiger charge is 2.17. The Hall–Kier alpha value is -3.49. The number of rotatable bonds is 7. The van der Waals surface area contributed by atoms with E-state index in [0.717, 1.165) is 11.3 Å². The number of nitrogens with one attached hydrogen (secondary N) is 1. The van der Waals surface area contributed by atoms with Gasteiger partial charge in [-0.1, -0.05) is 41.6 Å². The van der Waals surface area contributed by atoms with Gasteiger partial charge in [-0.15, -0.1) is 10.2 Å². The maximum atomic E-state index is 12.5. The van der Waals surface area contributed by atoms with E-state index in [4.69, 9.17) is 21.1 Å². The molecule has 1 amide bonds. The van der Waals surface area contributed by atoms with Crippen molar-refractivity contribution in [3.63, 3.8) is 0 Å². The normalized spacial score (nSPS) is 12.0. The molecule has 4 aromatic rings. The quantitative estimate of drug-likeness (QED) is 0.356. The number of hydrogen-bond donors (Lipinski definition) is 1. The number of amides is 1. The summed E-state index contributed by atoms with van der Waals surface area (Å²) in [7, 11) is 0. The van der Waals surface area contributed by atoms with Crippen molar-refractivity contribution in [2.45, 2.75) is 11.6 Å². The molecule has 0 radical (unpaired) electrons. The summed E-state index contributed by atoms with van der Waals surface area (Å²) < 4.78 is 12.6. The van der Waals surface area contributed by atoms with Gasteiger partial charge in [0.25, 0.3) is 0 Å². The van der Waals surface area contributed by atoms with Gasteiger partial charge in [-0.2, -0.15) is 0 Å². The Morgan fingerprint density at radius 1 is 1.00 bits per heavy atom. The molecule has 1 aliphatic rings. The van der Waals surface area contributed by atoms with Crippen LogP contribution in [0.1, 0.15) is 6.42 Å². The van der Waals surface area contributed by atoms with Crippen LogP contribution in [0.25, 0.3) is 17.1 Å². The van der Waals surface area contributed by atoms with Crippen LogP contribution in [0.15, 0.2) is 78.0 Å². The molecular weight excluding hydrogens is 460 g/mol. The Balaban J connectivity index is 1.29. The average molecular weight is 479 g/mol. The molecule has 5 rings (SSSR count). The van der Waals surface area contributed by atoms with Crippen LogP contribution in [0, 0.1) is 0 Å². The molecule has 2 heterocycles. The maximum absolute atomic E-state index is 12.5. The first-order valence-corrected chi connectivity index (χ1v) is 11.6. The number of aromatic nitrogens is 3. The van der Waals surface area contributed by atoms with Gasteiger partial charge >= 0.3 is 0 Å². The molecule has 0 fully saturated rings. The molecule has 166 valence electrons. The van der Waals surface area contributed by atoms with E-state index >= 15 is 0 Å². The Kier molecular flexibility index (Phi) is 6.19. The number of benzene rings is 3. The number of fused-ring (bicyclic) bond motifs is 1. The van der Waals surface area contributed by atoms with Crippen LogP contribution in [0.3, 0.4) is 0 Å². The van der Waals surface area contributed by atoms with Gasteiger partial charge in [0.1, 0.15) is 0 Å². The summed E-state index contributed by atoms with van der Waals surface area (Å²) in [5.41, 5.74) is 2.52. The molecule has 0 atom stereocenters. The number of halogens is 1. The summed E-state index contributed by atoms with van der Waals surface area (Å²) in [6, 6.07) is 22.7. The van der Waals surface area contributed by atoms with Crippen molar-refractivity contribution < 1.29 is 14.3 Å². The lowest BCUT2D eigenvalue weighted by Crippen LogP contribution is -2.12. The minimum atomic E-state index is -0.0925. The van der Waals surface area contributed by atoms with E-state index in [9.17, 15) is 4.79 Å². The topological polar surface area (TPSA) is 78.3 Å². The highest BCUT2D eigenvalue weighted by Crippen LogP contribution is 2.34. The smallest absolute Gasteiger partial charge is 0.231 e. The molecule has 0 saturated heterocycles. The molecule has 1 N–H and O–H groups in total. The number of nitrogens with zero attached hydrogens (tertiary/aromatic N) is 3. The van der Waals surface area contributed by atoms with Gasteiger partial charge < -0.3 is 14.8 Å². The van der Waals surface area contributed by atoms with Gasteiger partial charge in [-0.25, -0.2) is 0 Å². The first-order chi connectivity index (χ1) is 16.2. The predicted molar refractivity (Wildman–Crippen MR) is 128 cm³/mol. The van der Waals surface area contributed by atoms with Crippen LogP contribution >= 0.6 is 23.4 Å². The third kappa shape index (κ3) is 4.81. The fourth-order valence-corrected chi connectivity index (χ4v) is 4.41. The molecule has 1 aliphatic heterocycles. The molecule has 0 spiro atoms. The van der Waals surface area contributed by atoms with Crippen LogP contribution in [-0.4, -0.2) is 33.2 Å². The summed E-state index contributed by atoms with van der Waals surface area (Å²) in [6.45, 7) is 0.198. The second-order valence-electron chi connectivity index (χ2n) is 7.20. The van der Waals surface area contributed by atoms with Crippen molar-refractivity contribution in [3.05, 3.63) is 77.8 Å². The zero-order chi connectivity index (χ0) is 22.6. The van der Waals surface area contributed by atoms with E-state index in [1.165, 1.54) is 11.8 Å². The van der Waals surface area contributed by atoms with Gasteiger partial charge in [0.15, 0.2) is 22.5 Å². The number of thioether (sulfide) groups is 1. The molecule has 33 heavy (non-hydrogen) atoms. The summed E-state index contributed by atoms with van der Waals surface area (Å²) >= 11 is 7.52. The van der Waals surface area contributed by atoms with Crippen LogP contribution < -0.4 is 14.8 Å². The predicted octanol–water partition coefficient (Wildman–Crippen LogP) is 5.44. The second-order valence-corrected chi connectivity index (χ2v) is 8.70. The molecule has 0 unspecified atom stereocenters. The minimum Gasteiger partial charge on any atom is -0.454 e. The minimum absolute atomic E-state index is 0.0925. The molecular formula is C24H19ClN4O3S. The Morgan fingerprint density at radius 2 is 1.79 bits per heavy atom. The summed E-state index contributed by atoms with van der Waals surface area (Å²) in [5, 5.41) is 13.1. The van der Waals surface area contributed by atoms with E-state index in [1.54, 1.807) is 18.2 Å². The molecule has 3 aromatic carbocycles. The van der Waals surface area contributed by atoms with E-state index in [1.807, 2.05) is 59.2 Å². The highest BCUT2D eigenvalue weighted by atomic mass is 35.5. The van der Waals surface area contributed by atoms with Gasteiger partial charge in [-0.3, -0.25) is 9.36 Å². The first-order valence-electron chi connectivity index (χ1n) is 10.3. The number of carbonyl (C=O) groups excluding carboxylic acids is 1. The zero-order valence-corrected chi connectivity index (χ0v) is 19.0. The van der Waals surface area contributed by atoms with Gasteiger partial charge in [-0.05, 0) is 48.5 Å². The third-order valence-corrected chi connectivity index (χ3v) is 6.15. The van der Waals surface area contributed by atoms with Crippen LogP contribution in [0.5, 0.6) is 11.5 Å². The van der Waals surface area contributed by atoms with Crippen LogP contribution in [0.2, 0.25) is 5.02 Å². The number of ether oxygens (including phenoxy) is 2. The largest absolute Gasteiger partial charge is 0.454 e. The SMILES string of the molecule is O=C(CCSc1nnc(-c2ccc(Cl)cc2)n1-c1ccccc1)Nc1ccc2c(c1)OCO2. The molecule has 0 aliphatic carbocycles. The van der Waals surface area contributed by atoms with Gasteiger partial charge in [0.2, 0.25) is 12.7 Å². The van der Waals surface area contributed by atoms with Crippen molar-refractivity contribution in [1.82, 2.24) is 14.8 Å². The van der Waals surface area contributed by atoms with E-state index in [2.05, 4.69) is 15.5 Å².